The number of carbonyl (C=O) groups is 1. The number of hydrogen-bond acceptors (Lipinski definition) is 5. The van der Waals surface area contributed by atoms with Gasteiger partial charge in [-0.15, -0.1) is 0 Å². The van der Waals surface area contributed by atoms with Crippen LogP contribution < -0.4 is 15.0 Å². The zero-order chi connectivity index (χ0) is 21.1. The van der Waals surface area contributed by atoms with Crippen molar-refractivity contribution in [2.45, 2.75) is 19.9 Å². The van der Waals surface area contributed by atoms with Crippen molar-refractivity contribution in [3.05, 3.63) is 63.8 Å². The predicted molar refractivity (Wildman–Crippen MR) is 119 cm³/mol. The maximum Gasteiger partial charge on any atom is 0.338 e. The predicted octanol–water partition coefficient (Wildman–Crippen LogP) is 4.44. The highest BCUT2D eigenvalue weighted by molar-refractivity contribution is 9.10. The van der Waals surface area contributed by atoms with Gasteiger partial charge in [-0.2, -0.15) is 0 Å². The van der Waals surface area contributed by atoms with E-state index in [0.29, 0.717) is 22.1 Å². The molecule has 1 aliphatic heterocycles. The van der Waals surface area contributed by atoms with Crippen LogP contribution in [0.2, 0.25) is 0 Å². The van der Waals surface area contributed by atoms with Gasteiger partial charge in [-0.3, -0.25) is 4.90 Å². The van der Waals surface area contributed by atoms with E-state index in [2.05, 4.69) is 21.2 Å². The SMILES string of the molecule is CCOC(=O)C1=C(C)N(c2cccc(Br)c2)C(=S)NC1c1ccc(O)c(OC)c1. The summed E-state index contributed by atoms with van der Waals surface area (Å²) < 4.78 is 11.4. The summed E-state index contributed by atoms with van der Waals surface area (Å²) in [5.74, 6) is -0.105. The summed E-state index contributed by atoms with van der Waals surface area (Å²) in [5.41, 5.74) is 2.65. The largest absolute Gasteiger partial charge is 0.504 e. The number of carbonyl (C=O) groups excluding carboxylic acids is 1. The number of esters is 1. The maximum absolute atomic E-state index is 12.9. The summed E-state index contributed by atoms with van der Waals surface area (Å²) in [4.78, 5) is 14.7. The normalized spacial score (nSPS) is 16.5. The third kappa shape index (κ3) is 4.23. The number of ether oxygens (including phenoxy) is 2. The van der Waals surface area contributed by atoms with Gasteiger partial charge in [-0.25, -0.2) is 4.79 Å². The fraction of sp³-hybridized carbons (Fsp3) is 0.238. The van der Waals surface area contributed by atoms with Gasteiger partial charge in [0.15, 0.2) is 16.6 Å². The van der Waals surface area contributed by atoms with Gasteiger partial charge in [0.2, 0.25) is 0 Å². The first-order chi connectivity index (χ1) is 13.9. The van der Waals surface area contributed by atoms with Crippen molar-refractivity contribution in [2.24, 2.45) is 0 Å². The van der Waals surface area contributed by atoms with Crippen molar-refractivity contribution in [1.82, 2.24) is 5.32 Å². The molecule has 0 aromatic heterocycles. The number of allylic oxidation sites excluding steroid dienone is 1. The van der Waals surface area contributed by atoms with E-state index in [0.717, 1.165) is 15.7 Å². The summed E-state index contributed by atoms with van der Waals surface area (Å²) in [6.45, 7) is 3.85. The van der Waals surface area contributed by atoms with Gasteiger partial charge < -0.3 is 19.9 Å². The number of methoxy groups -OCH3 is 1. The van der Waals surface area contributed by atoms with E-state index < -0.39 is 12.0 Å². The van der Waals surface area contributed by atoms with E-state index in [9.17, 15) is 9.90 Å². The Morgan fingerprint density at radius 2 is 2.07 bits per heavy atom. The van der Waals surface area contributed by atoms with Gasteiger partial charge in [0, 0.05) is 15.9 Å². The Bertz CT molecular complexity index is 992. The number of benzene rings is 2. The van der Waals surface area contributed by atoms with E-state index >= 15 is 0 Å². The second kappa shape index (κ2) is 8.84. The van der Waals surface area contributed by atoms with Crippen LogP contribution in [-0.2, 0) is 9.53 Å². The number of nitrogens with zero attached hydrogens (tertiary/aromatic N) is 1. The molecule has 0 fully saturated rings. The van der Waals surface area contributed by atoms with Crippen LogP contribution in [-0.4, -0.2) is 29.9 Å². The van der Waals surface area contributed by atoms with E-state index in [1.807, 2.05) is 31.2 Å². The summed E-state index contributed by atoms with van der Waals surface area (Å²) in [6.07, 6.45) is 0. The Labute approximate surface area is 183 Å². The van der Waals surface area contributed by atoms with Gasteiger partial charge >= 0.3 is 5.97 Å². The number of aromatic hydroxyl groups is 1. The molecule has 2 aromatic carbocycles. The van der Waals surface area contributed by atoms with Crippen molar-refractivity contribution >= 4 is 44.9 Å². The Morgan fingerprint density at radius 3 is 2.72 bits per heavy atom. The van der Waals surface area contributed by atoms with Crippen LogP contribution in [0.5, 0.6) is 11.5 Å². The lowest BCUT2D eigenvalue weighted by atomic mass is 9.94. The average Bonchev–Trinajstić information content (AvgIpc) is 2.68. The van der Waals surface area contributed by atoms with Crippen molar-refractivity contribution in [3.8, 4) is 11.5 Å². The summed E-state index contributed by atoms with van der Waals surface area (Å²) >= 11 is 9.10. The van der Waals surface area contributed by atoms with Gasteiger partial charge in [-0.1, -0.05) is 28.1 Å². The summed E-state index contributed by atoms with van der Waals surface area (Å²) in [5, 5.41) is 13.6. The zero-order valence-corrected chi connectivity index (χ0v) is 18.6. The van der Waals surface area contributed by atoms with Gasteiger partial charge in [0.25, 0.3) is 0 Å². The van der Waals surface area contributed by atoms with Crippen LogP contribution in [0.15, 0.2) is 58.2 Å². The van der Waals surface area contributed by atoms with E-state index in [1.54, 1.807) is 24.0 Å². The van der Waals surface area contributed by atoms with E-state index in [-0.39, 0.29) is 12.4 Å². The first-order valence-electron chi connectivity index (χ1n) is 8.98. The standard InChI is InChI=1S/C21H21BrN2O4S/c1-4-28-20(26)18-12(2)24(15-7-5-6-14(22)11-15)21(29)23-19(18)13-8-9-16(25)17(10-13)27-3/h5-11,19,25H,4H2,1-3H3,(H,23,29). The average molecular weight is 477 g/mol. The molecule has 0 radical (unpaired) electrons. The first-order valence-corrected chi connectivity index (χ1v) is 10.2. The molecule has 0 amide bonds. The number of anilines is 1. The molecule has 1 aliphatic rings. The van der Waals surface area contributed by atoms with Crippen molar-refractivity contribution in [3.63, 3.8) is 0 Å². The van der Waals surface area contributed by atoms with Crippen LogP contribution >= 0.6 is 28.1 Å². The van der Waals surface area contributed by atoms with Crippen LogP contribution in [0.4, 0.5) is 5.69 Å². The lowest BCUT2D eigenvalue weighted by Crippen LogP contribution is -2.48. The molecule has 0 spiro atoms. The minimum atomic E-state index is -0.542. The van der Waals surface area contributed by atoms with Crippen molar-refractivity contribution in [1.29, 1.82) is 0 Å². The zero-order valence-electron chi connectivity index (χ0n) is 16.2. The molecule has 6 nitrogen and oxygen atoms in total. The first kappa shape index (κ1) is 21.1. The highest BCUT2D eigenvalue weighted by Crippen LogP contribution is 2.37. The van der Waals surface area contributed by atoms with Crippen molar-refractivity contribution in [2.75, 3.05) is 18.6 Å². The third-order valence-corrected chi connectivity index (χ3v) is 5.38. The molecule has 0 aliphatic carbocycles. The Balaban J connectivity index is 2.15. The highest BCUT2D eigenvalue weighted by Gasteiger charge is 2.35. The molecule has 1 atom stereocenters. The quantitative estimate of drug-likeness (QED) is 0.488. The minimum Gasteiger partial charge on any atom is -0.504 e. The fourth-order valence-corrected chi connectivity index (χ4v) is 4.01. The molecule has 3 rings (SSSR count). The lowest BCUT2D eigenvalue weighted by Gasteiger charge is -2.37. The van der Waals surface area contributed by atoms with Crippen molar-refractivity contribution < 1.29 is 19.4 Å². The molecule has 0 saturated heterocycles. The molecular weight excluding hydrogens is 456 g/mol. The second-order valence-electron chi connectivity index (χ2n) is 6.35. The molecule has 152 valence electrons. The molecule has 1 heterocycles. The topological polar surface area (TPSA) is 71.0 Å². The Hall–Kier alpha value is -2.58. The Morgan fingerprint density at radius 1 is 1.31 bits per heavy atom. The Kier molecular flexibility index (Phi) is 6.44. The van der Waals surface area contributed by atoms with E-state index in [4.69, 9.17) is 21.7 Å². The molecule has 2 aromatic rings. The molecular formula is C21H21BrN2O4S. The van der Waals surface area contributed by atoms with Gasteiger partial charge in [-0.05, 0) is 62.0 Å². The number of phenols is 1. The van der Waals surface area contributed by atoms with Crippen LogP contribution in [0.1, 0.15) is 25.5 Å². The maximum atomic E-state index is 12.9. The van der Waals surface area contributed by atoms with Crippen LogP contribution in [0, 0.1) is 0 Å². The molecule has 0 saturated carbocycles. The van der Waals surface area contributed by atoms with Gasteiger partial charge in [0.1, 0.15) is 0 Å². The van der Waals surface area contributed by atoms with Crippen LogP contribution in [0.3, 0.4) is 0 Å². The molecule has 2 N–H and O–H groups in total. The number of phenolic OH excluding ortho intramolecular Hbond substituents is 1. The third-order valence-electron chi connectivity index (χ3n) is 4.58. The van der Waals surface area contributed by atoms with E-state index in [1.165, 1.54) is 13.2 Å². The number of hydrogen-bond donors (Lipinski definition) is 2. The van der Waals surface area contributed by atoms with Gasteiger partial charge in [0.05, 0.1) is 25.3 Å². The smallest absolute Gasteiger partial charge is 0.338 e. The molecule has 8 heteroatoms. The van der Waals surface area contributed by atoms with Crippen LogP contribution in [0.25, 0.3) is 0 Å². The number of halogens is 1. The lowest BCUT2D eigenvalue weighted by molar-refractivity contribution is -0.139. The second-order valence-corrected chi connectivity index (χ2v) is 7.65. The number of rotatable bonds is 5. The summed E-state index contributed by atoms with van der Waals surface area (Å²) in [7, 11) is 1.47. The number of nitrogens with one attached hydrogen (secondary N) is 1. The monoisotopic (exact) mass is 476 g/mol. The molecule has 0 bridgehead atoms. The summed E-state index contributed by atoms with van der Waals surface area (Å²) in [6, 6.07) is 12.0. The molecule has 29 heavy (non-hydrogen) atoms. The fourth-order valence-electron chi connectivity index (χ4n) is 3.27. The highest BCUT2D eigenvalue weighted by atomic mass is 79.9. The number of thiocarbonyl (C=S) groups is 1. The molecule has 1 unspecified atom stereocenters. The minimum absolute atomic E-state index is 0.0174.